The molecule has 3 heterocycles. The highest BCUT2D eigenvalue weighted by molar-refractivity contribution is 5.97. The lowest BCUT2D eigenvalue weighted by atomic mass is 9.99. The summed E-state index contributed by atoms with van der Waals surface area (Å²) in [7, 11) is 0. The molecule has 3 amide bonds. The molecule has 1 unspecified atom stereocenters. The van der Waals surface area contributed by atoms with Gasteiger partial charge in [-0.15, -0.1) is 0 Å². The van der Waals surface area contributed by atoms with Crippen molar-refractivity contribution < 1.29 is 18.8 Å². The lowest BCUT2D eigenvalue weighted by molar-refractivity contribution is -0.138. The van der Waals surface area contributed by atoms with E-state index in [1.165, 1.54) is 6.26 Å². The van der Waals surface area contributed by atoms with E-state index < -0.39 is 6.04 Å². The van der Waals surface area contributed by atoms with Gasteiger partial charge < -0.3 is 19.1 Å². The largest absolute Gasteiger partial charge is 0.459 e. The van der Waals surface area contributed by atoms with Crippen LogP contribution < -0.4 is 0 Å². The molecule has 1 atom stereocenters. The second-order valence-electron chi connectivity index (χ2n) is 7.47. The Labute approximate surface area is 169 Å². The average molecular weight is 395 g/mol. The molecule has 2 fully saturated rings. The SMILES string of the molecule is O=C(c1ccco1)N1CCN(C(=O)C2CCCCN2C(=O)c2ccccc2)CC1. The summed E-state index contributed by atoms with van der Waals surface area (Å²) >= 11 is 0. The first-order valence-corrected chi connectivity index (χ1v) is 10.1. The van der Waals surface area contributed by atoms with Gasteiger partial charge in [-0.1, -0.05) is 18.2 Å². The minimum Gasteiger partial charge on any atom is -0.459 e. The predicted molar refractivity (Wildman–Crippen MR) is 106 cm³/mol. The van der Waals surface area contributed by atoms with Gasteiger partial charge in [-0.3, -0.25) is 14.4 Å². The maximum Gasteiger partial charge on any atom is 0.289 e. The summed E-state index contributed by atoms with van der Waals surface area (Å²) < 4.78 is 5.18. The van der Waals surface area contributed by atoms with Crippen molar-refractivity contribution in [2.75, 3.05) is 32.7 Å². The van der Waals surface area contributed by atoms with Crippen LogP contribution in [0, 0.1) is 0 Å². The van der Waals surface area contributed by atoms with Crippen molar-refractivity contribution >= 4 is 17.7 Å². The molecule has 1 aromatic carbocycles. The zero-order valence-electron chi connectivity index (χ0n) is 16.3. The number of amides is 3. The Morgan fingerprint density at radius 1 is 0.793 bits per heavy atom. The number of nitrogens with zero attached hydrogens (tertiary/aromatic N) is 3. The fourth-order valence-electron chi connectivity index (χ4n) is 4.07. The summed E-state index contributed by atoms with van der Waals surface area (Å²) in [6.07, 6.45) is 4.01. The smallest absolute Gasteiger partial charge is 0.289 e. The summed E-state index contributed by atoms with van der Waals surface area (Å²) in [5, 5.41) is 0. The molecule has 0 bridgehead atoms. The summed E-state index contributed by atoms with van der Waals surface area (Å²) in [4.78, 5) is 43.8. The van der Waals surface area contributed by atoms with Crippen molar-refractivity contribution in [3.8, 4) is 0 Å². The second kappa shape index (κ2) is 8.51. The second-order valence-corrected chi connectivity index (χ2v) is 7.47. The summed E-state index contributed by atoms with van der Waals surface area (Å²) in [5.74, 6) is 0.0618. The van der Waals surface area contributed by atoms with E-state index in [9.17, 15) is 14.4 Å². The van der Waals surface area contributed by atoms with Gasteiger partial charge >= 0.3 is 0 Å². The normalized spacial score (nSPS) is 19.9. The van der Waals surface area contributed by atoms with Crippen LogP contribution in [0.25, 0.3) is 0 Å². The van der Waals surface area contributed by atoms with Crippen molar-refractivity contribution in [3.63, 3.8) is 0 Å². The predicted octanol–water partition coefficient (Wildman–Crippen LogP) is 2.26. The minimum absolute atomic E-state index is 0.0147. The molecule has 7 heteroatoms. The Balaban J connectivity index is 1.40. The number of rotatable bonds is 3. The van der Waals surface area contributed by atoms with Gasteiger partial charge in [0, 0.05) is 38.3 Å². The van der Waals surface area contributed by atoms with Crippen LogP contribution in [-0.4, -0.2) is 71.2 Å². The molecular formula is C22H25N3O4. The molecule has 0 spiro atoms. The van der Waals surface area contributed by atoms with Gasteiger partial charge in [-0.25, -0.2) is 0 Å². The highest BCUT2D eigenvalue weighted by atomic mass is 16.3. The van der Waals surface area contributed by atoms with Crippen molar-refractivity contribution in [1.82, 2.24) is 14.7 Å². The van der Waals surface area contributed by atoms with Gasteiger partial charge in [0.15, 0.2) is 5.76 Å². The maximum atomic E-state index is 13.2. The molecule has 0 radical (unpaired) electrons. The maximum absolute atomic E-state index is 13.2. The van der Waals surface area contributed by atoms with E-state index in [0.717, 1.165) is 12.8 Å². The highest BCUT2D eigenvalue weighted by Crippen LogP contribution is 2.22. The van der Waals surface area contributed by atoms with Gasteiger partial charge in [0.25, 0.3) is 11.8 Å². The van der Waals surface area contributed by atoms with Crippen LogP contribution in [0.1, 0.15) is 40.2 Å². The standard InChI is InChI=1S/C22H25N3O4/c26-20(17-7-2-1-3-8-17)25-11-5-4-9-18(25)21(27)23-12-14-24(15-13-23)22(28)19-10-6-16-29-19/h1-3,6-8,10,16,18H,4-5,9,11-15H2. The zero-order chi connectivity index (χ0) is 20.2. The van der Waals surface area contributed by atoms with E-state index in [2.05, 4.69) is 0 Å². The van der Waals surface area contributed by atoms with E-state index in [0.29, 0.717) is 50.5 Å². The van der Waals surface area contributed by atoms with E-state index in [1.54, 1.807) is 39.0 Å². The molecule has 0 saturated carbocycles. The summed E-state index contributed by atoms with van der Waals surface area (Å²) in [6.45, 7) is 2.46. The molecule has 29 heavy (non-hydrogen) atoms. The number of likely N-dealkylation sites (tertiary alicyclic amines) is 1. The molecular weight excluding hydrogens is 370 g/mol. The number of carbonyl (C=O) groups excluding carboxylic acids is 3. The fourth-order valence-corrected chi connectivity index (χ4v) is 4.07. The van der Waals surface area contributed by atoms with E-state index in [1.807, 2.05) is 18.2 Å². The first-order valence-electron chi connectivity index (χ1n) is 10.1. The summed E-state index contributed by atoms with van der Waals surface area (Å²) in [6, 6.07) is 12.0. The topological polar surface area (TPSA) is 74.1 Å². The van der Waals surface area contributed by atoms with Crippen molar-refractivity contribution in [2.24, 2.45) is 0 Å². The molecule has 2 aliphatic rings. The van der Waals surface area contributed by atoms with Gasteiger partial charge in [-0.05, 0) is 43.5 Å². The molecule has 7 nitrogen and oxygen atoms in total. The Hall–Kier alpha value is -3.09. The van der Waals surface area contributed by atoms with Crippen LogP contribution >= 0.6 is 0 Å². The number of benzene rings is 1. The lowest BCUT2D eigenvalue weighted by Crippen LogP contribution is -2.57. The lowest BCUT2D eigenvalue weighted by Gasteiger charge is -2.40. The number of carbonyl (C=O) groups is 3. The van der Waals surface area contributed by atoms with Gasteiger partial charge in [-0.2, -0.15) is 0 Å². The first kappa shape index (κ1) is 19.2. The van der Waals surface area contributed by atoms with Crippen LogP contribution in [0.15, 0.2) is 53.1 Å². The number of furan rings is 1. The fraction of sp³-hybridized carbons (Fsp3) is 0.409. The number of hydrogen-bond acceptors (Lipinski definition) is 4. The third-order valence-corrected chi connectivity index (χ3v) is 5.68. The van der Waals surface area contributed by atoms with Crippen molar-refractivity contribution in [3.05, 3.63) is 60.1 Å². The molecule has 2 aliphatic heterocycles. The third-order valence-electron chi connectivity index (χ3n) is 5.68. The van der Waals surface area contributed by atoms with Crippen LogP contribution in [0.2, 0.25) is 0 Å². The van der Waals surface area contributed by atoms with Gasteiger partial charge in [0.05, 0.1) is 6.26 Å². The van der Waals surface area contributed by atoms with Crippen LogP contribution in [0.3, 0.4) is 0 Å². The summed E-state index contributed by atoms with van der Waals surface area (Å²) in [5.41, 5.74) is 0.612. The van der Waals surface area contributed by atoms with Crippen LogP contribution in [-0.2, 0) is 4.79 Å². The van der Waals surface area contributed by atoms with Crippen LogP contribution in [0.5, 0.6) is 0 Å². The van der Waals surface area contributed by atoms with Gasteiger partial charge in [0.1, 0.15) is 6.04 Å². The van der Waals surface area contributed by atoms with Crippen molar-refractivity contribution in [2.45, 2.75) is 25.3 Å². The van der Waals surface area contributed by atoms with E-state index in [4.69, 9.17) is 4.42 Å². The quantitative estimate of drug-likeness (QED) is 0.799. The van der Waals surface area contributed by atoms with E-state index in [-0.39, 0.29) is 17.7 Å². The first-order chi connectivity index (χ1) is 14.1. The third kappa shape index (κ3) is 4.04. The molecule has 4 rings (SSSR count). The van der Waals surface area contributed by atoms with Crippen LogP contribution in [0.4, 0.5) is 0 Å². The van der Waals surface area contributed by atoms with Crippen molar-refractivity contribution in [1.29, 1.82) is 0 Å². The van der Waals surface area contributed by atoms with E-state index >= 15 is 0 Å². The molecule has 0 aliphatic carbocycles. The Morgan fingerprint density at radius 3 is 2.21 bits per heavy atom. The Morgan fingerprint density at radius 2 is 1.52 bits per heavy atom. The monoisotopic (exact) mass is 395 g/mol. The molecule has 2 aromatic rings. The highest BCUT2D eigenvalue weighted by Gasteiger charge is 2.36. The number of piperidine rings is 1. The zero-order valence-corrected chi connectivity index (χ0v) is 16.3. The van der Waals surface area contributed by atoms with Gasteiger partial charge in [0.2, 0.25) is 5.91 Å². The molecule has 2 saturated heterocycles. The molecule has 1 aromatic heterocycles. The average Bonchev–Trinajstić information content (AvgIpc) is 3.33. The number of hydrogen-bond donors (Lipinski definition) is 0. The molecule has 152 valence electrons. The Bertz CT molecular complexity index is 857. The number of piperazine rings is 1. The molecule has 0 N–H and O–H groups in total. The Kier molecular flexibility index (Phi) is 5.64. The minimum atomic E-state index is -0.427.